The highest BCUT2D eigenvalue weighted by atomic mass is 35.5. The van der Waals surface area contributed by atoms with Crippen molar-refractivity contribution in [1.82, 2.24) is 5.32 Å². The van der Waals surface area contributed by atoms with E-state index in [1.54, 1.807) is 24.3 Å². The largest absolute Gasteiger partial charge is 0.491 e. The number of nitrogens with one attached hydrogen (secondary N) is 2. The molecule has 2 rings (SSSR count). The van der Waals surface area contributed by atoms with Crippen LogP contribution in [-0.2, 0) is 6.18 Å². The highest BCUT2D eigenvalue weighted by Crippen LogP contribution is 2.33. The molecule has 0 saturated carbocycles. The Kier molecular flexibility index (Phi) is 7.26. The van der Waals surface area contributed by atoms with E-state index in [4.69, 9.17) is 28.6 Å². The van der Waals surface area contributed by atoms with E-state index in [0.717, 1.165) is 24.6 Å². The Hall–Kier alpha value is -2.32. The van der Waals surface area contributed by atoms with Crippen molar-refractivity contribution >= 4 is 40.5 Å². The van der Waals surface area contributed by atoms with Crippen molar-refractivity contribution in [3.05, 3.63) is 58.6 Å². The van der Waals surface area contributed by atoms with E-state index in [1.807, 2.05) is 13.8 Å². The third-order valence-electron chi connectivity index (χ3n) is 3.80. The quantitative estimate of drug-likeness (QED) is 0.601. The Morgan fingerprint density at radius 1 is 1.21 bits per heavy atom. The van der Waals surface area contributed by atoms with Crippen molar-refractivity contribution in [3.8, 4) is 5.75 Å². The normalized spacial score (nSPS) is 12.2. The van der Waals surface area contributed by atoms with Crippen molar-refractivity contribution in [3.63, 3.8) is 0 Å². The molecule has 2 N–H and O–H groups in total. The first-order valence-corrected chi connectivity index (χ1v) is 9.14. The van der Waals surface area contributed by atoms with E-state index in [0.29, 0.717) is 11.3 Å². The number of thiocarbonyl (C=S) groups is 1. The molecule has 0 heterocycles. The number of alkyl halides is 3. The predicted molar refractivity (Wildman–Crippen MR) is 107 cm³/mol. The van der Waals surface area contributed by atoms with Gasteiger partial charge in [0.05, 0.1) is 22.4 Å². The second-order valence-electron chi connectivity index (χ2n) is 5.96. The predicted octanol–water partition coefficient (Wildman–Crippen LogP) is 5.66. The summed E-state index contributed by atoms with van der Waals surface area (Å²) in [6, 6.07) is 9.22. The van der Waals surface area contributed by atoms with Crippen molar-refractivity contribution < 1.29 is 22.7 Å². The van der Waals surface area contributed by atoms with Gasteiger partial charge in [0.2, 0.25) is 0 Å². The lowest BCUT2D eigenvalue weighted by Crippen LogP contribution is -2.34. The number of carbonyl (C=O) groups is 1. The monoisotopic (exact) mass is 430 g/mol. The molecule has 2 aromatic carbocycles. The first kappa shape index (κ1) is 22.0. The minimum Gasteiger partial charge on any atom is -0.491 e. The summed E-state index contributed by atoms with van der Waals surface area (Å²) >= 11 is 10.9. The van der Waals surface area contributed by atoms with Crippen LogP contribution in [-0.4, -0.2) is 17.1 Å². The fraction of sp³-hybridized carbons (Fsp3) is 0.263. The molecule has 0 aromatic heterocycles. The SMILES string of the molecule is CCC(C)Oc1ccc(C(=O)NC(=S)Nc2cc(C(F)(F)F)ccc2Cl)cc1. The van der Waals surface area contributed by atoms with Gasteiger partial charge in [0.15, 0.2) is 5.11 Å². The zero-order valence-electron chi connectivity index (χ0n) is 15.1. The van der Waals surface area contributed by atoms with Crippen molar-refractivity contribution in [2.75, 3.05) is 5.32 Å². The van der Waals surface area contributed by atoms with Gasteiger partial charge >= 0.3 is 6.18 Å². The van der Waals surface area contributed by atoms with Crippen molar-refractivity contribution in [2.24, 2.45) is 0 Å². The van der Waals surface area contributed by atoms with Crippen LogP contribution in [0, 0.1) is 0 Å². The number of anilines is 1. The standard InChI is InChI=1S/C19H18ClF3N2O2S/c1-3-11(2)27-14-7-4-12(5-8-14)17(26)25-18(28)24-16-10-13(19(21,22)23)6-9-15(16)20/h4-11H,3H2,1-2H3,(H2,24,25,26,28). The van der Waals surface area contributed by atoms with Crippen molar-refractivity contribution in [1.29, 1.82) is 0 Å². The molecular formula is C19H18ClF3N2O2S. The van der Waals surface area contributed by atoms with Gasteiger partial charge in [0.1, 0.15) is 5.75 Å². The Bertz CT molecular complexity index is 857. The zero-order chi connectivity index (χ0) is 20.9. The van der Waals surface area contributed by atoms with Gasteiger partial charge in [0.25, 0.3) is 5.91 Å². The van der Waals surface area contributed by atoms with Gasteiger partial charge < -0.3 is 10.1 Å². The number of amides is 1. The van der Waals surface area contributed by atoms with Gasteiger partial charge in [0, 0.05) is 5.56 Å². The van der Waals surface area contributed by atoms with Crippen LogP contribution in [0.15, 0.2) is 42.5 Å². The van der Waals surface area contributed by atoms with E-state index in [9.17, 15) is 18.0 Å². The van der Waals surface area contributed by atoms with E-state index in [1.165, 1.54) is 0 Å². The Morgan fingerprint density at radius 3 is 2.43 bits per heavy atom. The molecule has 0 bridgehead atoms. The van der Waals surface area contributed by atoms with E-state index in [-0.39, 0.29) is 21.9 Å². The molecule has 4 nitrogen and oxygen atoms in total. The maximum atomic E-state index is 12.8. The molecular weight excluding hydrogens is 413 g/mol. The third kappa shape index (κ3) is 6.10. The highest BCUT2D eigenvalue weighted by molar-refractivity contribution is 7.80. The fourth-order valence-corrected chi connectivity index (χ4v) is 2.49. The number of hydrogen-bond donors (Lipinski definition) is 2. The minimum atomic E-state index is -4.52. The van der Waals surface area contributed by atoms with Crippen LogP contribution in [0.3, 0.4) is 0 Å². The summed E-state index contributed by atoms with van der Waals surface area (Å²) in [5, 5.41) is 4.78. The molecule has 0 spiro atoms. The Balaban J connectivity index is 2.02. The maximum absolute atomic E-state index is 12.8. The number of carbonyl (C=O) groups excluding carboxylic acids is 1. The first-order chi connectivity index (χ1) is 13.1. The molecule has 0 fully saturated rings. The number of halogens is 4. The summed E-state index contributed by atoms with van der Waals surface area (Å²) < 4.78 is 44.1. The van der Waals surface area contributed by atoms with Gasteiger partial charge in [-0.25, -0.2) is 0 Å². The molecule has 150 valence electrons. The van der Waals surface area contributed by atoms with Crippen LogP contribution >= 0.6 is 23.8 Å². The van der Waals surface area contributed by atoms with E-state index in [2.05, 4.69) is 10.6 Å². The van der Waals surface area contributed by atoms with Crippen LogP contribution in [0.4, 0.5) is 18.9 Å². The molecule has 1 unspecified atom stereocenters. The first-order valence-electron chi connectivity index (χ1n) is 8.36. The molecule has 1 amide bonds. The van der Waals surface area contributed by atoms with Crippen LogP contribution in [0.25, 0.3) is 0 Å². The maximum Gasteiger partial charge on any atom is 0.416 e. The number of ether oxygens (including phenoxy) is 1. The average Bonchev–Trinajstić information content (AvgIpc) is 2.63. The highest BCUT2D eigenvalue weighted by Gasteiger charge is 2.31. The molecule has 9 heteroatoms. The molecule has 28 heavy (non-hydrogen) atoms. The van der Waals surface area contributed by atoms with E-state index < -0.39 is 17.6 Å². The molecule has 0 radical (unpaired) electrons. The second kappa shape index (κ2) is 9.25. The van der Waals surface area contributed by atoms with Crippen molar-refractivity contribution in [2.45, 2.75) is 32.5 Å². The summed E-state index contributed by atoms with van der Waals surface area (Å²) in [5.41, 5.74) is -0.625. The lowest BCUT2D eigenvalue weighted by Gasteiger charge is -2.14. The lowest BCUT2D eigenvalue weighted by molar-refractivity contribution is -0.137. The van der Waals surface area contributed by atoms with Gasteiger partial charge in [-0.2, -0.15) is 13.2 Å². The number of benzene rings is 2. The van der Waals surface area contributed by atoms with Gasteiger partial charge in [-0.15, -0.1) is 0 Å². The van der Waals surface area contributed by atoms with Gasteiger partial charge in [-0.1, -0.05) is 18.5 Å². The zero-order valence-corrected chi connectivity index (χ0v) is 16.6. The van der Waals surface area contributed by atoms with Gasteiger partial charge in [-0.3, -0.25) is 10.1 Å². The molecule has 0 saturated heterocycles. The molecule has 0 aliphatic heterocycles. The Morgan fingerprint density at radius 2 is 1.86 bits per heavy atom. The van der Waals surface area contributed by atoms with E-state index >= 15 is 0 Å². The Labute approximate surface area is 171 Å². The van der Waals surface area contributed by atoms with Crippen LogP contribution in [0.2, 0.25) is 5.02 Å². The summed E-state index contributed by atoms with van der Waals surface area (Å²) in [6.45, 7) is 3.93. The average molecular weight is 431 g/mol. The van der Waals surface area contributed by atoms with Crippen LogP contribution in [0.5, 0.6) is 5.75 Å². The summed E-state index contributed by atoms with van der Waals surface area (Å²) in [5.74, 6) is 0.109. The second-order valence-corrected chi connectivity index (χ2v) is 6.78. The molecule has 2 aromatic rings. The lowest BCUT2D eigenvalue weighted by atomic mass is 10.2. The fourth-order valence-electron chi connectivity index (χ4n) is 2.13. The van der Waals surface area contributed by atoms with Gasteiger partial charge in [-0.05, 0) is 68.0 Å². The third-order valence-corrected chi connectivity index (χ3v) is 4.33. The molecule has 0 aliphatic carbocycles. The number of hydrogen-bond acceptors (Lipinski definition) is 3. The van der Waals surface area contributed by atoms with Crippen LogP contribution in [0.1, 0.15) is 36.2 Å². The topological polar surface area (TPSA) is 50.4 Å². The summed E-state index contributed by atoms with van der Waals surface area (Å²) in [4.78, 5) is 12.3. The molecule has 0 aliphatic rings. The summed E-state index contributed by atoms with van der Waals surface area (Å²) in [6.07, 6.45) is -3.63. The minimum absolute atomic E-state index is 0.0381. The van der Waals surface area contributed by atoms with Crippen LogP contribution < -0.4 is 15.4 Å². The summed E-state index contributed by atoms with van der Waals surface area (Å²) in [7, 11) is 0. The number of rotatable bonds is 5. The smallest absolute Gasteiger partial charge is 0.416 e. The molecule has 1 atom stereocenters.